The SMILES string of the molecule is CCN(CC)c1ccc(N=Nc2ccc(C)c3ccccc23)c(Nc2nc(Nc3cc(N(CC)CC)ccc3N=Nc3ccc(S(=O)(=O)O)c4ccccc34)nc(SCCO)n2)c1. The van der Waals surface area contributed by atoms with Crippen LogP contribution in [0.1, 0.15) is 33.3 Å². The largest absolute Gasteiger partial charge is 0.396 e. The first-order chi connectivity index (χ1) is 30.5. The Bertz CT molecular complexity index is 2920. The second kappa shape index (κ2) is 20.1. The molecular weight excluding hydrogens is 835 g/mol. The molecule has 1 aromatic heterocycles. The minimum atomic E-state index is -4.48. The minimum absolute atomic E-state index is 0.0810. The Kier molecular flexibility index (Phi) is 14.2. The number of aliphatic hydroxyl groups is 1. The van der Waals surface area contributed by atoms with Gasteiger partial charge in [-0.05, 0) is 100 Å². The highest BCUT2D eigenvalue weighted by molar-refractivity contribution is 7.99. The van der Waals surface area contributed by atoms with Crippen LogP contribution in [0.25, 0.3) is 21.5 Å². The van der Waals surface area contributed by atoms with E-state index in [-0.39, 0.29) is 23.4 Å². The Hall–Kier alpha value is -6.53. The maximum Gasteiger partial charge on any atom is 0.295 e. The molecule has 15 nitrogen and oxygen atoms in total. The van der Waals surface area contributed by atoms with E-state index in [1.165, 1.54) is 23.9 Å². The molecule has 4 N–H and O–H groups in total. The fourth-order valence-electron chi connectivity index (χ4n) is 7.21. The Morgan fingerprint density at radius 3 is 1.52 bits per heavy atom. The maximum atomic E-state index is 12.2. The molecule has 0 bridgehead atoms. The van der Waals surface area contributed by atoms with E-state index in [0.717, 1.165) is 59.6 Å². The van der Waals surface area contributed by atoms with Gasteiger partial charge in [-0.15, -0.1) is 20.5 Å². The van der Waals surface area contributed by atoms with Crippen LogP contribution in [-0.4, -0.2) is 71.6 Å². The molecule has 0 amide bonds. The summed E-state index contributed by atoms with van der Waals surface area (Å²) in [6.45, 7) is 13.5. The van der Waals surface area contributed by atoms with Gasteiger partial charge in [-0.3, -0.25) is 4.55 Å². The first kappa shape index (κ1) is 44.5. The lowest BCUT2D eigenvalue weighted by atomic mass is 10.0. The molecule has 0 saturated carbocycles. The third-order valence-corrected chi connectivity index (χ3v) is 12.2. The number of aryl methyl sites for hydroxylation is 1. The van der Waals surface area contributed by atoms with Crippen molar-refractivity contribution >= 4 is 101 Å². The monoisotopic (exact) mass is 883 g/mol. The predicted molar refractivity (Wildman–Crippen MR) is 255 cm³/mol. The van der Waals surface area contributed by atoms with Gasteiger partial charge < -0.3 is 25.5 Å². The van der Waals surface area contributed by atoms with Gasteiger partial charge in [-0.2, -0.15) is 23.4 Å². The van der Waals surface area contributed by atoms with Crippen molar-refractivity contribution in [1.29, 1.82) is 0 Å². The predicted octanol–water partition coefficient (Wildman–Crippen LogP) is 11.8. The highest BCUT2D eigenvalue weighted by Gasteiger charge is 2.18. The molecular formula is C46H49N11O4S2. The number of rotatable bonds is 18. The quantitative estimate of drug-likeness (QED) is 0.0362. The molecule has 0 spiro atoms. The first-order valence-corrected chi connectivity index (χ1v) is 23.1. The number of aliphatic hydroxyl groups excluding tert-OH is 1. The second-order valence-electron chi connectivity index (χ2n) is 14.3. The molecule has 0 saturated heterocycles. The lowest BCUT2D eigenvalue weighted by molar-refractivity contribution is 0.322. The molecule has 1 heterocycles. The fourth-order valence-corrected chi connectivity index (χ4v) is 8.48. The van der Waals surface area contributed by atoms with E-state index in [4.69, 9.17) is 25.2 Å². The molecule has 0 aliphatic rings. The van der Waals surface area contributed by atoms with E-state index in [1.807, 2.05) is 66.7 Å². The number of thioether (sulfide) groups is 1. The zero-order chi connectivity index (χ0) is 44.5. The van der Waals surface area contributed by atoms with E-state index in [0.29, 0.717) is 50.1 Å². The van der Waals surface area contributed by atoms with Crippen molar-refractivity contribution in [3.8, 4) is 0 Å². The molecule has 324 valence electrons. The number of nitrogens with one attached hydrogen (secondary N) is 2. The van der Waals surface area contributed by atoms with E-state index in [1.54, 1.807) is 24.3 Å². The van der Waals surface area contributed by atoms with E-state index < -0.39 is 10.1 Å². The molecule has 63 heavy (non-hydrogen) atoms. The summed E-state index contributed by atoms with van der Waals surface area (Å²) in [6.07, 6.45) is 0. The summed E-state index contributed by atoms with van der Waals surface area (Å²) >= 11 is 1.28. The normalized spacial score (nSPS) is 11.9. The van der Waals surface area contributed by atoms with Gasteiger partial charge in [0.1, 0.15) is 16.3 Å². The van der Waals surface area contributed by atoms with Crippen LogP contribution in [0, 0.1) is 6.92 Å². The van der Waals surface area contributed by atoms with Crippen molar-refractivity contribution in [2.45, 2.75) is 44.7 Å². The zero-order valence-corrected chi connectivity index (χ0v) is 37.3. The van der Waals surface area contributed by atoms with Gasteiger partial charge in [0.15, 0.2) is 5.16 Å². The standard InChI is InChI=1S/C46H49N11O4S2/c1-6-56(7-2)31-19-22-39(54-52-37-21-18-30(5)33-14-10-11-15-34(33)37)41(28-31)47-44-49-45(51-46(50-44)62-27-26-58)48-42-29-32(57(8-3)9-4)20-23-40(42)55-53-38-24-25-43(63(59,60)61)36-17-13-12-16-35(36)38/h10-25,28-29,58H,6-9,26-27H2,1-5H3,(H,59,60,61)(H2,47,48,49,50,51). The molecule has 0 radical (unpaired) electrons. The van der Waals surface area contributed by atoms with Crippen molar-refractivity contribution in [2.24, 2.45) is 20.5 Å². The number of hydrogen-bond donors (Lipinski definition) is 4. The summed E-state index contributed by atoms with van der Waals surface area (Å²) in [4.78, 5) is 18.5. The average Bonchev–Trinajstić information content (AvgIpc) is 3.28. The van der Waals surface area contributed by atoms with Crippen molar-refractivity contribution < 1.29 is 18.1 Å². The van der Waals surface area contributed by atoms with E-state index in [9.17, 15) is 18.1 Å². The summed E-state index contributed by atoms with van der Waals surface area (Å²) in [5.74, 6) is 0.791. The number of hydrogen-bond acceptors (Lipinski definition) is 15. The van der Waals surface area contributed by atoms with Crippen LogP contribution in [0.15, 0.2) is 140 Å². The number of anilines is 6. The third-order valence-electron chi connectivity index (χ3n) is 10.4. The van der Waals surface area contributed by atoms with Gasteiger partial charge in [-0.25, -0.2) is 0 Å². The van der Waals surface area contributed by atoms with Crippen LogP contribution in [0.5, 0.6) is 0 Å². The lowest BCUT2D eigenvalue weighted by Gasteiger charge is -2.22. The number of aromatic nitrogens is 3. The van der Waals surface area contributed by atoms with Crippen LogP contribution < -0.4 is 20.4 Å². The van der Waals surface area contributed by atoms with Gasteiger partial charge in [0.05, 0.1) is 29.4 Å². The van der Waals surface area contributed by atoms with Gasteiger partial charge >= 0.3 is 0 Å². The summed E-state index contributed by atoms with van der Waals surface area (Å²) in [5, 5.41) is 38.5. The Morgan fingerprint density at radius 2 is 1.03 bits per heavy atom. The minimum Gasteiger partial charge on any atom is -0.396 e. The van der Waals surface area contributed by atoms with Crippen LogP contribution >= 0.6 is 11.8 Å². The molecule has 7 aromatic rings. The second-order valence-corrected chi connectivity index (χ2v) is 16.7. The molecule has 6 aromatic carbocycles. The molecule has 17 heteroatoms. The molecule has 7 rings (SSSR count). The fraction of sp³-hybridized carbons (Fsp3) is 0.239. The molecule has 0 unspecified atom stereocenters. The van der Waals surface area contributed by atoms with Crippen molar-refractivity contribution in [1.82, 2.24) is 15.0 Å². The summed E-state index contributed by atoms with van der Waals surface area (Å²) in [5.41, 5.74) is 6.40. The Labute approximate surface area is 371 Å². The van der Waals surface area contributed by atoms with Gasteiger partial charge in [0, 0.05) is 59.5 Å². The van der Waals surface area contributed by atoms with Crippen molar-refractivity contribution in [3.05, 3.63) is 115 Å². The van der Waals surface area contributed by atoms with Gasteiger partial charge in [0.2, 0.25) is 11.9 Å². The summed E-state index contributed by atoms with van der Waals surface area (Å²) in [7, 11) is -4.48. The Balaban J connectivity index is 1.29. The van der Waals surface area contributed by atoms with E-state index >= 15 is 0 Å². The smallest absolute Gasteiger partial charge is 0.295 e. The third kappa shape index (κ3) is 10.4. The maximum absolute atomic E-state index is 12.2. The van der Waals surface area contributed by atoms with Crippen molar-refractivity contribution in [2.75, 3.05) is 59.0 Å². The molecule has 0 atom stereocenters. The summed E-state index contributed by atoms with van der Waals surface area (Å²) in [6, 6.07) is 33.4. The number of fused-ring (bicyclic) bond motifs is 2. The summed E-state index contributed by atoms with van der Waals surface area (Å²) < 4.78 is 34.2. The van der Waals surface area contributed by atoms with Gasteiger partial charge in [0.25, 0.3) is 10.1 Å². The van der Waals surface area contributed by atoms with Crippen LogP contribution in [0.3, 0.4) is 0 Å². The van der Waals surface area contributed by atoms with Gasteiger partial charge in [-0.1, -0.05) is 66.4 Å². The topological polar surface area (TPSA) is 193 Å². The number of benzene rings is 6. The Morgan fingerprint density at radius 1 is 0.587 bits per heavy atom. The highest BCUT2D eigenvalue weighted by atomic mass is 32.2. The average molecular weight is 884 g/mol. The molecule has 0 fully saturated rings. The van der Waals surface area contributed by atoms with Crippen LogP contribution in [-0.2, 0) is 10.1 Å². The van der Waals surface area contributed by atoms with E-state index in [2.05, 4.69) is 71.3 Å². The van der Waals surface area contributed by atoms with Crippen LogP contribution in [0.4, 0.5) is 57.4 Å². The van der Waals surface area contributed by atoms with Crippen molar-refractivity contribution in [3.63, 3.8) is 0 Å². The number of nitrogens with zero attached hydrogens (tertiary/aromatic N) is 9. The molecule has 0 aliphatic carbocycles. The highest BCUT2D eigenvalue weighted by Crippen LogP contribution is 2.38. The first-order valence-electron chi connectivity index (χ1n) is 20.7. The molecule has 0 aliphatic heterocycles. The van der Waals surface area contributed by atoms with Crippen LogP contribution in [0.2, 0.25) is 0 Å². The lowest BCUT2D eigenvalue weighted by Crippen LogP contribution is -2.21. The number of azo groups is 2. The zero-order valence-electron chi connectivity index (χ0n) is 35.7.